The summed E-state index contributed by atoms with van der Waals surface area (Å²) in [5.74, 6) is 0.168. The minimum absolute atomic E-state index is 0.0515. The van der Waals surface area contributed by atoms with E-state index in [1.165, 1.54) is 22.0 Å². The van der Waals surface area contributed by atoms with E-state index in [9.17, 15) is 4.79 Å². The quantitative estimate of drug-likeness (QED) is 0.853. The van der Waals surface area contributed by atoms with Crippen LogP contribution in [0.5, 0.6) is 0 Å². The number of fused-ring (bicyclic) bond motifs is 1. The molecule has 0 saturated heterocycles. The molecule has 1 amide bonds. The highest BCUT2D eigenvalue weighted by atomic mass is 16.1. The molecule has 0 aliphatic heterocycles. The summed E-state index contributed by atoms with van der Waals surface area (Å²) >= 11 is 0. The van der Waals surface area contributed by atoms with Gasteiger partial charge < -0.3 is 10.3 Å². The van der Waals surface area contributed by atoms with Crippen LogP contribution in [0.4, 0.5) is 0 Å². The first-order valence-electron chi connectivity index (χ1n) is 6.42. The summed E-state index contributed by atoms with van der Waals surface area (Å²) in [5.41, 5.74) is 3.68. The van der Waals surface area contributed by atoms with E-state index in [1.807, 2.05) is 20.0 Å². The van der Waals surface area contributed by atoms with E-state index in [4.69, 9.17) is 0 Å². The predicted molar refractivity (Wildman–Crippen MR) is 74.6 cm³/mol. The highest BCUT2D eigenvalue weighted by Crippen LogP contribution is 2.19. The Bertz CT molecular complexity index is 555. The standard InChI is InChI=1S/C15H20N2O/c1-10(2)15(18)16-7-6-12-9-17-14-8-11(3)4-5-13(12)14/h4-5,8-10,17H,6-7H2,1-3H3,(H,16,18). The topological polar surface area (TPSA) is 44.9 Å². The van der Waals surface area contributed by atoms with Crippen molar-refractivity contribution in [2.45, 2.75) is 27.2 Å². The van der Waals surface area contributed by atoms with Gasteiger partial charge in [0.15, 0.2) is 0 Å². The zero-order valence-corrected chi connectivity index (χ0v) is 11.2. The van der Waals surface area contributed by atoms with Crippen molar-refractivity contribution in [1.82, 2.24) is 10.3 Å². The van der Waals surface area contributed by atoms with Gasteiger partial charge >= 0.3 is 0 Å². The Morgan fingerprint density at radius 1 is 1.39 bits per heavy atom. The third kappa shape index (κ3) is 2.73. The molecule has 0 bridgehead atoms. The molecule has 18 heavy (non-hydrogen) atoms. The van der Waals surface area contributed by atoms with E-state index in [2.05, 4.69) is 35.4 Å². The van der Waals surface area contributed by atoms with Crippen molar-refractivity contribution in [3.8, 4) is 0 Å². The summed E-state index contributed by atoms with van der Waals surface area (Å²) < 4.78 is 0. The Hall–Kier alpha value is -1.77. The molecule has 0 saturated carbocycles. The van der Waals surface area contributed by atoms with Crippen molar-refractivity contribution in [2.24, 2.45) is 5.92 Å². The summed E-state index contributed by atoms with van der Waals surface area (Å²) in [4.78, 5) is 14.7. The van der Waals surface area contributed by atoms with E-state index in [0.29, 0.717) is 6.54 Å². The average molecular weight is 244 g/mol. The number of amides is 1. The second-order valence-corrected chi connectivity index (χ2v) is 5.06. The molecule has 3 heteroatoms. The lowest BCUT2D eigenvalue weighted by molar-refractivity contribution is -0.123. The number of rotatable bonds is 4. The zero-order valence-electron chi connectivity index (χ0n) is 11.2. The number of aromatic amines is 1. The second kappa shape index (κ2) is 5.25. The molecule has 0 aliphatic carbocycles. The van der Waals surface area contributed by atoms with Crippen LogP contribution >= 0.6 is 0 Å². The summed E-state index contributed by atoms with van der Waals surface area (Å²) in [7, 11) is 0. The van der Waals surface area contributed by atoms with Crippen LogP contribution in [0.15, 0.2) is 24.4 Å². The van der Waals surface area contributed by atoms with Gasteiger partial charge in [-0.2, -0.15) is 0 Å². The van der Waals surface area contributed by atoms with Gasteiger partial charge in [0, 0.05) is 29.6 Å². The predicted octanol–water partition coefficient (Wildman–Crippen LogP) is 2.79. The smallest absolute Gasteiger partial charge is 0.222 e. The molecule has 1 aromatic carbocycles. The van der Waals surface area contributed by atoms with Crippen LogP contribution in [0.25, 0.3) is 10.9 Å². The number of nitrogens with one attached hydrogen (secondary N) is 2. The normalized spacial score (nSPS) is 11.1. The number of H-pyrrole nitrogens is 1. The largest absolute Gasteiger partial charge is 0.361 e. The molecule has 1 heterocycles. The third-order valence-electron chi connectivity index (χ3n) is 3.14. The number of aryl methyl sites for hydroxylation is 1. The van der Waals surface area contributed by atoms with Gasteiger partial charge in [0.1, 0.15) is 0 Å². The molecular formula is C15H20N2O. The lowest BCUT2D eigenvalue weighted by Crippen LogP contribution is -2.29. The molecule has 2 aromatic rings. The molecule has 0 unspecified atom stereocenters. The van der Waals surface area contributed by atoms with Crippen LogP contribution in [0.1, 0.15) is 25.0 Å². The average Bonchev–Trinajstić information content (AvgIpc) is 2.71. The summed E-state index contributed by atoms with van der Waals surface area (Å²) in [6, 6.07) is 6.40. The van der Waals surface area contributed by atoms with E-state index in [0.717, 1.165) is 6.42 Å². The Balaban J connectivity index is 2.02. The SMILES string of the molecule is Cc1ccc2c(CCNC(=O)C(C)C)c[nH]c2c1. The first-order valence-corrected chi connectivity index (χ1v) is 6.42. The number of benzene rings is 1. The van der Waals surface area contributed by atoms with Gasteiger partial charge in [-0.3, -0.25) is 4.79 Å². The summed E-state index contributed by atoms with van der Waals surface area (Å²) in [5, 5.41) is 4.19. The third-order valence-corrected chi connectivity index (χ3v) is 3.14. The van der Waals surface area contributed by atoms with E-state index in [-0.39, 0.29) is 11.8 Å². The van der Waals surface area contributed by atoms with Crippen LogP contribution in [0.3, 0.4) is 0 Å². The van der Waals surface area contributed by atoms with Crippen molar-refractivity contribution in [2.75, 3.05) is 6.54 Å². The van der Waals surface area contributed by atoms with Crippen molar-refractivity contribution < 1.29 is 4.79 Å². The maximum atomic E-state index is 11.5. The van der Waals surface area contributed by atoms with Crippen molar-refractivity contribution in [3.63, 3.8) is 0 Å². The molecule has 3 nitrogen and oxygen atoms in total. The lowest BCUT2D eigenvalue weighted by Gasteiger charge is -2.06. The monoisotopic (exact) mass is 244 g/mol. The van der Waals surface area contributed by atoms with Crippen LogP contribution in [-0.2, 0) is 11.2 Å². The van der Waals surface area contributed by atoms with E-state index in [1.54, 1.807) is 0 Å². The first-order chi connectivity index (χ1) is 8.58. The number of hydrogen-bond donors (Lipinski definition) is 2. The van der Waals surface area contributed by atoms with Gasteiger partial charge in [-0.25, -0.2) is 0 Å². The van der Waals surface area contributed by atoms with Crippen molar-refractivity contribution in [1.29, 1.82) is 0 Å². The first kappa shape index (κ1) is 12.7. The second-order valence-electron chi connectivity index (χ2n) is 5.06. The molecular weight excluding hydrogens is 224 g/mol. The number of carbonyl (C=O) groups excluding carboxylic acids is 1. The van der Waals surface area contributed by atoms with Gasteiger partial charge in [-0.1, -0.05) is 26.0 Å². The van der Waals surface area contributed by atoms with Crippen LogP contribution in [0.2, 0.25) is 0 Å². The Morgan fingerprint density at radius 2 is 2.17 bits per heavy atom. The Kier molecular flexibility index (Phi) is 3.70. The fraction of sp³-hybridized carbons (Fsp3) is 0.400. The van der Waals surface area contributed by atoms with Crippen LogP contribution < -0.4 is 5.32 Å². The van der Waals surface area contributed by atoms with Crippen molar-refractivity contribution >= 4 is 16.8 Å². The Labute approximate surface area is 108 Å². The van der Waals surface area contributed by atoms with E-state index < -0.39 is 0 Å². The Morgan fingerprint density at radius 3 is 2.89 bits per heavy atom. The fourth-order valence-corrected chi connectivity index (χ4v) is 2.03. The maximum Gasteiger partial charge on any atom is 0.222 e. The van der Waals surface area contributed by atoms with E-state index >= 15 is 0 Å². The van der Waals surface area contributed by atoms with Gasteiger partial charge in [0.05, 0.1) is 0 Å². The highest BCUT2D eigenvalue weighted by Gasteiger charge is 2.07. The summed E-state index contributed by atoms with van der Waals surface area (Å²) in [6.45, 7) is 6.59. The van der Waals surface area contributed by atoms with Gasteiger partial charge in [0.25, 0.3) is 0 Å². The number of aromatic nitrogens is 1. The molecule has 0 fully saturated rings. The molecule has 0 aliphatic rings. The van der Waals surface area contributed by atoms with Crippen LogP contribution in [-0.4, -0.2) is 17.4 Å². The molecule has 0 spiro atoms. The summed E-state index contributed by atoms with van der Waals surface area (Å²) in [6.07, 6.45) is 2.90. The lowest BCUT2D eigenvalue weighted by atomic mass is 10.1. The minimum Gasteiger partial charge on any atom is -0.361 e. The van der Waals surface area contributed by atoms with Crippen molar-refractivity contribution in [3.05, 3.63) is 35.5 Å². The zero-order chi connectivity index (χ0) is 13.1. The fourth-order valence-electron chi connectivity index (χ4n) is 2.03. The number of carbonyl (C=O) groups is 1. The molecule has 0 radical (unpaired) electrons. The highest BCUT2D eigenvalue weighted by molar-refractivity contribution is 5.84. The minimum atomic E-state index is 0.0515. The molecule has 2 rings (SSSR count). The van der Waals surface area contributed by atoms with Gasteiger partial charge in [-0.05, 0) is 30.5 Å². The molecule has 96 valence electrons. The molecule has 2 N–H and O–H groups in total. The molecule has 1 aromatic heterocycles. The maximum absolute atomic E-state index is 11.5. The molecule has 0 atom stereocenters. The number of hydrogen-bond acceptors (Lipinski definition) is 1. The van der Waals surface area contributed by atoms with Gasteiger partial charge in [-0.15, -0.1) is 0 Å². The van der Waals surface area contributed by atoms with Gasteiger partial charge in [0.2, 0.25) is 5.91 Å². The van der Waals surface area contributed by atoms with Crippen LogP contribution in [0, 0.1) is 12.8 Å².